The van der Waals surface area contributed by atoms with E-state index < -0.39 is 4.92 Å². The number of rotatable bonds is 6. The van der Waals surface area contributed by atoms with E-state index in [1.807, 2.05) is 30.3 Å². The second kappa shape index (κ2) is 7.44. The van der Waals surface area contributed by atoms with Crippen molar-refractivity contribution in [2.24, 2.45) is 4.99 Å². The van der Waals surface area contributed by atoms with Crippen molar-refractivity contribution in [2.75, 3.05) is 18.4 Å². The molecule has 3 rings (SSSR count). The zero-order valence-corrected chi connectivity index (χ0v) is 13.4. The fourth-order valence-corrected chi connectivity index (χ4v) is 2.54. The van der Waals surface area contributed by atoms with Gasteiger partial charge < -0.3 is 10.4 Å². The van der Waals surface area contributed by atoms with Gasteiger partial charge in [0, 0.05) is 36.1 Å². The first-order chi connectivity index (χ1) is 12.1. The third kappa shape index (κ3) is 3.92. The van der Waals surface area contributed by atoms with Crippen molar-refractivity contribution in [3.05, 3.63) is 76.3 Å². The minimum absolute atomic E-state index is 0.0648. The van der Waals surface area contributed by atoms with Crippen molar-refractivity contribution in [3.8, 4) is 5.75 Å². The molecule has 6 nitrogen and oxygen atoms in total. The number of nitrogens with one attached hydrogen (secondary N) is 1. The minimum atomic E-state index is -0.426. The highest BCUT2D eigenvalue weighted by atomic mass is 16.6. The van der Waals surface area contributed by atoms with Gasteiger partial charge in [-0.3, -0.25) is 15.1 Å². The SMILES string of the molecule is O=[N+]([O-])c1ccc(NCCN=Cc2c(O)ccc3ccccc23)cc1. The van der Waals surface area contributed by atoms with E-state index in [1.165, 1.54) is 12.1 Å². The number of phenolic OH excluding ortho intramolecular Hbond substituents is 1. The molecule has 0 amide bonds. The first-order valence-electron chi connectivity index (χ1n) is 7.84. The molecule has 0 fully saturated rings. The lowest BCUT2D eigenvalue weighted by Crippen LogP contribution is -2.05. The van der Waals surface area contributed by atoms with Crippen molar-refractivity contribution in [1.82, 2.24) is 0 Å². The molecular weight excluding hydrogens is 318 g/mol. The average molecular weight is 335 g/mol. The number of nitrogens with zero attached hydrogens (tertiary/aromatic N) is 2. The van der Waals surface area contributed by atoms with Gasteiger partial charge in [-0.2, -0.15) is 0 Å². The van der Waals surface area contributed by atoms with E-state index in [0.717, 1.165) is 16.5 Å². The molecular formula is C19H17N3O3. The van der Waals surface area contributed by atoms with E-state index in [2.05, 4.69) is 10.3 Å². The van der Waals surface area contributed by atoms with Crippen molar-refractivity contribution < 1.29 is 10.0 Å². The molecule has 0 aliphatic carbocycles. The van der Waals surface area contributed by atoms with Gasteiger partial charge in [0.15, 0.2) is 0 Å². The summed E-state index contributed by atoms with van der Waals surface area (Å²) >= 11 is 0. The maximum Gasteiger partial charge on any atom is 0.269 e. The summed E-state index contributed by atoms with van der Waals surface area (Å²) in [7, 11) is 0. The molecule has 0 saturated heterocycles. The number of nitro benzene ring substituents is 1. The van der Waals surface area contributed by atoms with E-state index in [-0.39, 0.29) is 11.4 Å². The van der Waals surface area contributed by atoms with Crippen LogP contribution in [0.5, 0.6) is 5.75 Å². The number of benzene rings is 3. The summed E-state index contributed by atoms with van der Waals surface area (Å²) in [5, 5.41) is 25.8. The van der Waals surface area contributed by atoms with Gasteiger partial charge in [0.1, 0.15) is 5.75 Å². The summed E-state index contributed by atoms with van der Waals surface area (Å²) in [6, 6.07) is 17.6. The molecule has 0 atom stereocenters. The number of aliphatic imine (C=N–C) groups is 1. The number of nitro groups is 1. The molecule has 0 aromatic heterocycles. The third-order valence-corrected chi connectivity index (χ3v) is 3.82. The second-order valence-corrected chi connectivity index (χ2v) is 5.49. The molecule has 3 aromatic carbocycles. The Hall–Kier alpha value is -3.41. The smallest absolute Gasteiger partial charge is 0.269 e. The predicted octanol–water partition coefficient (Wildman–Crippen LogP) is 3.98. The molecule has 0 bridgehead atoms. The van der Waals surface area contributed by atoms with Crippen molar-refractivity contribution in [2.45, 2.75) is 0 Å². The molecule has 0 unspecified atom stereocenters. The molecule has 0 spiro atoms. The standard InChI is InChI=1S/C19H17N3O3/c23-19-10-5-14-3-1-2-4-17(14)18(19)13-20-11-12-21-15-6-8-16(9-7-15)22(24)25/h1-10,13,21,23H,11-12H2. The van der Waals surface area contributed by atoms with Crippen LogP contribution in [0.3, 0.4) is 0 Å². The monoisotopic (exact) mass is 335 g/mol. The first kappa shape index (κ1) is 16.4. The van der Waals surface area contributed by atoms with Crippen LogP contribution in [0.2, 0.25) is 0 Å². The number of aromatic hydroxyl groups is 1. The highest BCUT2D eigenvalue weighted by molar-refractivity contribution is 6.02. The van der Waals surface area contributed by atoms with Gasteiger partial charge in [0.05, 0.1) is 11.5 Å². The molecule has 3 aromatic rings. The summed E-state index contributed by atoms with van der Waals surface area (Å²) in [5.74, 6) is 0.200. The largest absolute Gasteiger partial charge is 0.507 e. The van der Waals surface area contributed by atoms with Gasteiger partial charge >= 0.3 is 0 Å². The Morgan fingerprint density at radius 2 is 1.84 bits per heavy atom. The number of non-ortho nitro benzene ring substituents is 1. The number of hydrogen-bond donors (Lipinski definition) is 2. The quantitative estimate of drug-likeness (QED) is 0.309. The van der Waals surface area contributed by atoms with E-state index >= 15 is 0 Å². The average Bonchev–Trinajstić information content (AvgIpc) is 2.63. The Morgan fingerprint density at radius 1 is 1.08 bits per heavy atom. The van der Waals surface area contributed by atoms with Crippen LogP contribution >= 0.6 is 0 Å². The lowest BCUT2D eigenvalue weighted by Gasteiger charge is -2.05. The van der Waals surface area contributed by atoms with Crippen LogP contribution in [0.1, 0.15) is 5.56 Å². The van der Waals surface area contributed by atoms with Crippen molar-refractivity contribution in [1.29, 1.82) is 0 Å². The Bertz CT molecular complexity index is 921. The molecule has 2 N–H and O–H groups in total. The Labute approximate surface area is 144 Å². The van der Waals surface area contributed by atoms with E-state index in [1.54, 1.807) is 24.4 Å². The zero-order valence-electron chi connectivity index (χ0n) is 13.4. The van der Waals surface area contributed by atoms with Crippen LogP contribution in [-0.4, -0.2) is 29.3 Å². The lowest BCUT2D eigenvalue weighted by molar-refractivity contribution is -0.384. The lowest BCUT2D eigenvalue weighted by atomic mass is 10.0. The van der Waals surface area contributed by atoms with Gasteiger partial charge in [0.25, 0.3) is 5.69 Å². The molecule has 6 heteroatoms. The van der Waals surface area contributed by atoms with Gasteiger partial charge in [0.2, 0.25) is 0 Å². The molecule has 126 valence electrons. The third-order valence-electron chi connectivity index (χ3n) is 3.82. The molecule has 0 radical (unpaired) electrons. The molecule has 0 aliphatic heterocycles. The molecule has 0 saturated carbocycles. The van der Waals surface area contributed by atoms with Crippen LogP contribution in [0.25, 0.3) is 10.8 Å². The summed E-state index contributed by atoms with van der Waals surface area (Å²) in [6.07, 6.45) is 1.68. The van der Waals surface area contributed by atoms with E-state index in [0.29, 0.717) is 18.7 Å². The van der Waals surface area contributed by atoms with Crippen molar-refractivity contribution >= 4 is 28.4 Å². The minimum Gasteiger partial charge on any atom is -0.507 e. The summed E-state index contributed by atoms with van der Waals surface area (Å²) in [5.41, 5.74) is 1.57. The summed E-state index contributed by atoms with van der Waals surface area (Å²) < 4.78 is 0. The van der Waals surface area contributed by atoms with Crippen LogP contribution in [-0.2, 0) is 0 Å². The second-order valence-electron chi connectivity index (χ2n) is 5.49. The first-order valence-corrected chi connectivity index (χ1v) is 7.84. The van der Waals surface area contributed by atoms with Crippen LogP contribution in [0.4, 0.5) is 11.4 Å². The van der Waals surface area contributed by atoms with Crippen LogP contribution < -0.4 is 5.32 Å². The number of phenols is 1. The maximum atomic E-state index is 10.6. The van der Waals surface area contributed by atoms with E-state index in [4.69, 9.17) is 0 Å². The summed E-state index contributed by atoms with van der Waals surface area (Å²) in [6.45, 7) is 1.10. The fourth-order valence-electron chi connectivity index (χ4n) is 2.54. The molecule has 0 aliphatic rings. The summed E-state index contributed by atoms with van der Waals surface area (Å²) in [4.78, 5) is 14.5. The molecule has 0 heterocycles. The van der Waals surface area contributed by atoms with Crippen LogP contribution in [0, 0.1) is 10.1 Å². The number of fused-ring (bicyclic) bond motifs is 1. The highest BCUT2D eigenvalue weighted by Crippen LogP contribution is 2.25. The Morgan fingerprint density at radius 3 is 2.60 bits per heavy atom. The van der Waals surface area contributed by atoms with Crippen LogP contribution in [0.15, 0.2) is 65.7 Å². The van der Waals surface area contributed by atoms with Gasteiger partial charge in [-0.1, -0.05) is 30.3 Å². The fraction of sp³-hybridized carbons (Fsp3) is 0.105. The highest BCUT2D eigenvalue weighted by Gasteiger charge is 2.04. The predicted molar refractivity (Wildman–Crippen MR) is 99.7 cm³/mol. The normalized spacial score (nSPS) is 11.0. The maximum absolute atomic E-state index is 10.6. The van der Waals surface area contributed by atoms with Gasteiger partial charge in [-0.15, -0.1) is 0 Å². The Balaban J connectivity index is 1.61. The van der Waals surface area contributed by atoms with Gasteiger partial charge in [-0.05, 0) is 29.0 Å². The van der Waals surface area contributed by atoms with Crippen molar-refractivity contribution in [3.63, 3.8) is 0 Å². The van der Waals surface area contributed by atoms with E-state index in [9.17, 15) is 15.2 Å². The number of anilines is 1. The Kier molecular flexibility index (Phi) is 4.89. The molecule has 25 heavy (non-hydrogen) atoms. The number of hydrogen-bond acceptors (Lipinski definition) is 5. The van der Waals surface area contributed by atoms with Gasteiger partial charge in [-0.25, -0.2) is 0 Å². The zero-order chi connectivity index (χ0) is 17.6. The topological polar surface area (TPSA) is 87.8 Å².